The van der Waals surface area contributed by atoms with Gasteiger partial charge in [0.2, 0.25) is 0 Å². The normalized spacial score (nSPS) is 27.2. The minimum absolute atomic E-state index is 0.294. The van der Waals surface area contributed by atoms with Gasteiger partial charge in [-0.3, -0.25) is 0 Å². The fourth-order valence-corrected chi connectivity index (χ4v) is 1.12. The van der Waals surface area contributed by atoms with Crippen molar-refractivity contribution < 1.29 is 13.9 Å². The number of nitrogens with one attached hydrogen (secondary N) is 1. The second-order valence-electron chi connectivity index (χ2n) is 2.66. The van der Waals surface area contributed by atoms with Gasteiger partial charge in [-0.05, 0) is 18.5 Å². The van der Waals surface area contributed by atoms with Gasteiger partial charge in [0.15, 0.2) is 0 Å². The van der Waals surface area contributed by atoms with Gasteiger partial charge in [0.25, 0.3) is 0 Å². The summed E-state index contributed by atoms with van der Waals surface area (Å²) < 4.78 is 17.4. The monoisotopic (exact) mass is 173 g/mol. The van der Waals surface area contributed by atoms with Gasteiger partial charge in [0, 0.05) is 12.6 Å². The largest absolute Gasteiger partial charge is 0.466 e. The summed E-state index contributed by atoms with van der Waals surface area (Å²) >= 11 is 0. The van der Waals surface area contributed by atoms with E-state index < -0.39 is 12.1 Å². The van der Waals surface area contributed by atoms with Gasteiger partial charge in [0.1, 0.15) is 6.17 Å². The van der Waals surface area contributed by atoms with Crippen LogP contribution in [-0.2, 0) is 9.53 Å². The molecule has 68 valence electrons. The predicted molar refractivity (Wildman–Crippen MR) is 42.5 cm³/mol. The van der Waals surface area contributed by atoms with Crippen LogP contribution in [0.4, 0.5) is 4.39 Å². The molecular weight excluding hydrogens is 161 g/mol. The third kappa shape index (κ3) is 2.30. The zero-order chi connectivity index (χ0) is 8.97. The molecule has 0 saturated carbocycles. The Bertz CT molecular complexity index is 203. The number of ether oxygens (including phenoxy) is 1. The minimum Gasteiger partial charge on any atom is -0.466 e. The van der Waals surface area contributed by atoms with Gasteiger partial charge in [-0.2, -0.15) is 0 Å². The van der Waals surface area contributed by atoms with Gasteiger partial charge in [-0.15, -0.1) is 0 Å². The molecule has 0 spiro atoms. The Morgan fingerprint density at radius 1 is 1.83 bits per heavy atom. The third-order valence-electron chi connectivity index (χ3n) is 1.82. The Morgan fingerprint density at radius 3 is 3.17 bits per heavy atom. The Balaban J connectivity index is 2.58. The zero-order valence-electron chi connectivity index (χ0n) is 6.97. The Morgan fingerprint density at radius 2 is 2.58 bits per heavy atom. The molecule has 0 aromatic heterocycles. The number of hydrogen-bond donors (Lipinski definition) is 1. The highest BCUT2D eigenvalue weighted by Crippen LogP contribution is 2.14. The summed E-state index contributed by atoms with van der Waals surface area (Å²) in [5.74, 6) is -0.477. The number of hydrogen-bond acceptors (Lipinski definition) is 3. The van der Waals surface area contributed by atoms with E-state index in [1.807, 2.05) is 0 Å². The summed E-state index contributed by atoms with van der Waals surface area (Å²) in [5.41, 5.74) is 0.528. The number of carbonyl (C=O) groups is 1. The molecule has 0 aromatic rings. The molecular formula is C8H12FNO2. The van der Waals surface area contributed by atoms with Crippen LogP contribution in [0.25, 0.3) is 0 Å². The summed E-state index contributed by atoms with van der Waals surface area (Å²) in [5, 5.41) is 2.89. The van der Waals surface area contributed by atoms with Crippen molar-refractivity contribution in [3.05, 3.63) is 11.6 Å². The van der Waals surface area contributed by atoms with Crippen molar-refractivity contribution in [3.8, 4) is 0 Å². The van der Waals surface area contributed by atoms with Crippen LogP contribution in [0.5, 0.6) is 0 Å². The van der Waals surface area contributed by atoms with Gasteiger partial charge in [0.05, 0.1) is 7.11 Å². The van der Waals surface area contributed by atoms with Crippen LogP contribution < -0.4 is 5.32 Å². The number of rotatable bonds is 1. The number of esters is 1. The average Bonchev–Trinajstić information content (AvgIpc) is 2.09. The fraction of sp³-hybridized carbons (Fsp3) is 0.625. The van der Waals surface area contributed by atoms with Crippen LogP contribution in [0.3, 0.4) is 0 Å². The molecule has 1 aliphatic rings. The number of alkyl halides is 1. The quantitative estimate of drug-likeness (QED) is 0.461. The molecule has 0 aromatic carbocycles. The summed E-state index contributed by atoms with van der Waals surface area (Å²) in [6.45, 7) is 1.02. The second-order valence-corrected chi connectivity index (χ2v) is 2.66. The lowest BCUT2D eigenvalue weighted by Gasteiger charge is -2.19. The molecule has 1 saturated heterocycles. The molecule has 0 aliphatic carbocycles. The topological polar surface area (TPSA) is 38.3 Å². The van der Waals surface area contributed by atoms with Crippen molar-refractivity contribution in [1.29, 1.82) is 0 Å². The van der Waals surface area contributed by atoms with Crippen LogP contribution in [0, 0.1) is 0 Å². The van der Waals surface area contributed by atoms with Gasteiger partial charge < -0.3 is 10.1 Å². The maximum absolute atomic E-state index is 13.0. The van der Waals surface area contributed by atoms with E-state index in [1.54, 1.807) is 0 Å². The molecule has 1 rings (SSSR count). The maximum Gasteiger partial charge on any atom is 0.330 e. The van der Waals surface area contributed by atoms with Crippen molar-refractivity contribution >= 4 is 5.97 Å². The molecule has 1 unspecified atom stereocenters. The second kappa shape index (κ2) is 4.21. The van der Waals surface area contributed by atoms with E-state index in [0.29, 0.717) is 18.5 Å². The molecule has 3 nitrogen and oxygen atoms in total. The first kappa shape index (κ1) is 9.19. The molecule has 1 heterocycles. The summed E-state index contributed by atoms with van der Waals surface area (Å²) in [4.78, 5) is 10.7. The standard InChI is InChI=1S/C8H12FNO2/c1-12-8(11)4-6-2-3-10-5-7(6)9/h4,7,10H,2-3,5H2,1H3/b6-4-. The first-order valence-corrected chi connectivity index (χ1v) is 3.87. The van der Waals surface area contributed by atoms with Crippen LogP contribution >= 0.6 is 0 Å². The highest BCUT2D eigenvalue weighted by molar-refractivity contribution is 5.82. The third-order valence-corrected chi connectivity index (χ3v) is 1.82. The van der Waals surface area contributed by atoms with Gasteiger partial charge >= 0.3 is 5.97 Å². The molecule has 1 aliphatic heterocycles. The van der Waals surface area contributed by atoms with E-state index >= 15 is 0 Å². The van der Waals surface area contributed by atoms with Gasteiger partial charge in [-0.25, -0.2) is 9.18 Å². The molecule has 1 N–H and O–H groups in total. The summed E-state index contributed by atoms with van der Waals surface area (Å²) in [6.07, 6.45) is 0.778. The minimum atomic E-state index is -1.04. The summed E-state index contributed by atoms with van der Waals surface area (Å²) in [7, 11) is 1.29. The van der Waals surface area contributed by atoms with E-state index in [-0.39, 0.29) is 0 Å². The van der Waals surface area contributed by atoms with E-state index in [2.05, 4.69) is 10.1 Å². The van der Waals surface area contributed by atoms with E-state index in [4.69, 9.17) is 0 Å². The van der Waals surface area contributed by atoms with Crippen LogP contribution in [-0.4, -0.2) is 32.3 Å². The number of methoxy groups -OCH3 is 1. The molecule has 4 heteroatoms. The maximum atomic E-state index is 13.0. The fourth-order valence-electron chi connectivity index (χ4n) is 1.12. The van der Waals surface area contributed by atoms with Crippen LogP contribution in [0.15, 0.2) is 11.6 Å². The lowest BCUT2D eigenvalue weighted by atomic mass is 10.0. The predicted octanol–water partition coefficient (Wildman–Crippen LogP) is 0.417. The highest BCUT2D eigenvalue weighted by atomic mass is 19.1. The smallest absolute Gasteiger partial charge is 0.330 e. The SMILES string of the molecule is COC(=O)/C=C1/CCNCC1F. The molecule has 0 bridgehead atoms. The average molecular weight is 173 g/mol. The first-order valence-electron chi connectivity index (χ1n) is 3.87. The number of piperidine rings is 1. The van der Waals surface area contributed by atoms with Crippen molar-refractivity contribution in [2.45, 2.75) is 12.6 Å². The van der Waals surface area contributed by atoms with Crippen LogP contribution in [0.2, 0.25) is 0 Å². The Kier molecular flexibility index (Phi) is 3.22. The Hall–Kier alpha value is -0.900. The number of carbonyl (C=O) groups excluding carboxylic acids is 1. The van der Waals surface area contributed by atoms with E-state index in [1.165, 1.54) is 13.2 Å². The van der Waals surface area contributed by atoms with E-state index in [0.717, 1.165) is 6.54 Å². The number of halogens is 1. The summed E-state index contributed by atoms with van der Waals surface area (Å²) in [6, 6.07) is 0. The Labute approximate surface area is 70.6 Å². The van der Waals surface area contributed by atoms with Gasteiger partial charge in [-0.1, -0.05) is 0 Å². The molecule has 0 amide bonds. The molecule has 1 fully saturated rings. The van der Waals surface area contributed by atoms with Crippen molar-refractivity contribution in [2.24, 2.45) is 0 Å². The molecule has 0 radical (unpaired) electrons. The zero-order valence-corrected chi connectivity index (χ0v) is 6.97. The first-order chi connectivity index (χ1) is 5.74. The van der Waals surface area contributed by atoms with Crippen molar-refractivity contribution in [2.75, 3.05) is 20.2 Å². The van der Waals surface area contributed by atoms with E-state index in [9.17, 15) is 9.18 Å². The molecule has 1 atom stereocenters. The van der Waals surface area contributed by atoms with Crippen molar-refractivity contribution in [1.82, 2.24) is 5.32 Å². The highest BCUT2D eigenvalue weighted by Gasteiger charge is 2.18. The lowest BCUT2D eigenvalue weighted by molar-refractivity contribution is -0.134. The van der Waals surface area contributed by atoms with Crippen LogP contribution in [0.1, 0.15) is 6.42 Å². The van der Waals surface area contributed by atoms with Crippen molar-refractivity contribution in [3.63, 3.8) is 0 Å². The molecule has 12 heavy (non-hydrogen) atoms. The lowest BCUT2D eigenvalue weighted by Crippen LogP contribution is -2.33.